The maximum absolute atomic E-state index is 14.2. The zero-order chi connectivity index (χ0) is 28.6. The number of aryl methyl sites for hydroxylation is 2. The Kier molecular flexibility index (Phi) is 11.2. The summed E-state index contributed by atoms with van der Waals surface area (Å²) in [6, 6.07) is 3.64. The monoisotopic (exact) mass is 530 g/mol. The summed E-state index contributed by atoms with van der Waals surface area (Å²) in [5.41, 5.74) is 7.31. The Hall–Kier alpha value is -3.10. The summed E-state index contributed by atoms with van der Waals surface area (Å²) in [6.07, 6.45) is 3.30. The van der Waals surface area contributed by atoms with Crippen molar-refractivity contribution in [2.24, 2.45) is 5.73 Å². The van der Waals surface area contributed by atoms with E-state index in [4.69, 9.17) is 10.5 Å². The Morgan fingerprint density at radius 2 is 1.76 bits per heavy atom. The third kappa shape index (κ3) is 9.03. The number of alkyl carbamates (subject to hydrolysis) is 1. The molecule has 3 atom stereocenters. The highest BCUT2D eigenvalue weighted by Crippen LogP contribution is 2.35. The number of carbonyl (C=O) groups is 4. The largest absolute Gasteiger partial charge is 0.444 e. The van der Waals surface area contributed by atoms with Crippen molar-refractivity contribution in [1.29, 1.82) is 0 Å². The lowest BCUT2D eigenvalue weighted by atomic mass is 9.86. The van der Waals surface area contributed by atoms with Gasteiger partial charge in [0.1, 0.15) is 17.7 Å². The van der Waals surface area contributed by atoms with Gasteiger partial charge in [-0.1, -0.05) is 37.1 Å². The highest BCUT2D eigenvalue weighted by molar-refractivity contribution is 5.93. The van der Waals surface area contributed by atoms with Crippen LogP contribution in [0.1, 0.15) is 102 Å². The molecule has 0 saturated heterocycles. The zero-order valence-corrected chi connectivity index (χ0v) is 24.1. The topological polar surface area (TPSA) is 131 Å². The van der Waals surface area contributed by atoms with Crippen LogP contribution in [-0.2, 0) is 19.1 Å². The molecule has 0 radical (unpaired) electrons. The number of amides is 4. The summed E-state index contributed by atoms with van der Waals surface area (Å²) in [7, 11) is 0. The first-order valence-electron chi connectivity index (χ1n) is 13.7. The number of ether oxygens (including phenoxy) is 1. The van der Waals surface area contributed by atoms with Gasteiger partial charge in [-0.25, -0.2) is 4.79 Å². The van der Waals surface area contributed by atoms with Crippen molar-refractivity contribution in [1.82, 2.24) is 15.5 Å². The normalized spacial score (nSPS) is 16.0. The third-order valence-electron chi connectivity index (χ3n) is 6.75. The predicted molar refractivity (Wildman–Crippen MR) is 147 cm³/mol. The molecule has 4 N–H and O–H groups in total. The van der Waals surface area contributed by atoms with Gasteiger partial charge in [-0.05, 0) is 84.8 Å². The molecule has 9 nitrogen and oxygen atoms in total. The Morgan fingerprint density at radius 3 is 2.26 bits per heavy atom. The van der Waals surface area contributed by atoms with Crippen molar-refractivity contribution in [3.05, 3.63) is 34.9 Å². The minimum Gasteiger partial charge on any atom is -0.444 e. The standard InChI is InChI=1S/C29H46N4O5/c1-8-10-20(4)31-26(35)25(22-14-13-18(2)17-19(22)3)33(21-11-9-12-21)27(36)23(15-16-24(30)34)32-28(37)38-29(5,6)7/h13-14,17,20-21,23,25H,8-12,15-16H2,1-7H3,(H2,30,34)(H,31,35)(H,32,37). The van der Waals surface area contributed by atoms with E-state index in [0.717, 1.165) is 48.8 Å². The fourth-order valence-electron chi connectivity index (χ4n) is 4.73. The molecule has 1 aliphatic carbocycles. The zero-order valence-electron chi connectivity index (χ0n) is 24.1. The molecule has 1 fully saturated rings. The number of nitrogens with zero attached hydrogens (tertiary/aromatic N) is 1. The second-order valence-corrected chi connectivity index (χ2v) is 11.5. The Morgan fingerprint density at radius 1 is 1.11 bits per heavy atom. The first-order valence-corrected chi connectivity index (χ1v) is 13.7. The van der Waals surface area contributed by atoms with Crippen LogP contribution in [0, 0.1) is 13.8 Å². The molecule has 4 amide bonds. The van der Waals surface area contributed by atoms with E-state index in [1.54, 1.807) is 25.7 Å². The lowest BCUT2D eigenvalue weighted by Gasteiger charge is -2.44. The van der Waals surface area contributed by atoms with Gasteiger partial charge in [0.05, 0.1) is 0 Å². The van der Waals surface area contributed by atoms with Crippen molar-refractivity contribution >= 4 is 23.8 Å². The van der Waals surface area contributed by atoms with Gasteiger partial charge in [-0.3, -0.25) is 14.4 Å². The maximum Gasteiger partial charge on any atom is 0.408 e. The minimum atomic E-state index is -1.08. The first kappa shape index (κ1) is 31.1. The van der Waals surface area contributed by atoms with Gasteiger partial charge in [0.2, 0.25) is 17.7 Å². The number of hydrogen-bond donors (Lipinski definition) is 3. The average molecular weight is 531 g/mol. The molecule has 2 rings (SSSR count). The van der Waals surface area contributed by atoms with E-state index >= 15 is 0 Å². The second kappa shape index (κ2) is 13.6. The van der Waals surface area contributed by atoms with E-state index < -0.39 is 35.6 Å². The molecule has 212 valence electrons. The van der Waals surface area contributed by atoms with Gasteiger partial charge in [0.25, 0.3) is 0 Å². The molecule has 0 bridgehead atoms. The van der Waals surface area contributed by atoms with Crippen molar-refractivity contribution in [3.63, 3.8) is 0 Å². The average Bonchev–Trinajstić information content (AvgIpc) is 2.74. The van der Waals surface area contributed by atoms with Gasteiger partial charge in [0.15, 0.2) is 0 Å². The molecule has 0 aromatic heterocycles. The lowest BCUT2D eigenvalue weighted by molar-refractivity contribution is -0.148. The quantitative estimate of drug-likeness (QED) is 0.373. The molecule has 38 heavy (non-hydrogen) atoms. The highest BCUT2D eigenvalue weighted by Gasteiger charge is 2.42. The van der Waals surface area contributed by atoms with E-state index in [1.165, 1.54) is 0 Å². The van der Waals surface area contributed by atoms with Crippen LogP contribution in [0.15, 0.2) is 18.2 Å². The van der Waals surface area contributed by atoms with Gasteiger partial charge in [0, 0.05) is 18.5 Å². The molecule has 1 aliphatic rings. The van der Waals surface area contributed by atoms with Crippen LogP contribution in [0.25, 0.3) is 0 Å². The van der Waals surface area contributed by atoms with Gasteiger partial charge < -0.3 is 26.0 Å². The summed E-state index contributed by atoms with van der Waals surface area (Å²) < 4.78 is 5.39. The van der Waals surface area contributed by atoms with Crippen LogP contribution in [-0.4, -0.2) is 52.4 Å². The summed E-state index contributed by atoms with van der Waals surface area (Å²) in [5.74, 6) is -1.27. The number of primary amides is 1. The van der Waals surface area contributed by atoms with E-state index in [2.05, 4.69) is 17.6 Å². The molecule has 0 spiro atoms. The molecular weight excluding hydrogens is 484 g/mol. The number of nitrogens with two attached hydrogens (primary N) is 1. The minimum absolute atomic E-state index is 0.00405. The smallest absolute Gasteiger partial charge is 0.408 e. The third-order valence-corrected chi connectivity index (χ3v) is 6.75. The number of benzene rings is 1. The van der Waals surface area contributed by atoms with E-state index in [1.807, 2.05) is 39.0 Å². The summed E-state index contributed by atoms with van der Waals surface area (Å²) in [6.45, 7) is 13.1. The lowest BCUT2D eigenvalue weighted by Crippen LogP contribution is -2.58. The van der Waals surface area contributed by atoms with Crippen LogP contribution in [0.2, 0.25) is 0 Å². The van der Waals surface area contributed by atoms with E-state index in [-0.39, 0.29) is 30.8 Å². The van der Waals surface area contributed by atoms with E-state index in [9.17, 15) is 19.2 Å². The number of nitrogens with one attached hydrogen (secondary N) is 2. The predicted octanol–water partition coefficient (Wildman–Crippen LogP) is 4.19. The second-order valence-electron chi connectivity index (χ2n) is 11.5. The maximum atomic E-state index is 14.2. The summed E-state index contributed by atoms with van der Waals surface area (Å²) in [4.78, 5) is 54.0. The molecule has 9 heteroatoms. The van der Waals surface area contributed by atoms with Gasteiger partial charge >= 0.3 is 6.09 Å². The van der Waals surface area contributed by atoms with Gasteiger partial charge in [-0.2, -0.15) is 0 Å². The fraction of sp³-hybridized carbons (Fsp3) is 0.655. The highest BCUT2D eigenvalue weighted by atomic mass is 16.6. The Balaban J connectivity index is 2.53. The Bertz CT molecular complexity index is 999. The molecule has 1 aromatic rings. The molecule has 3 unspecified atom stereocenters. The van der Waals surface area contributed by atoms with Crippen LogP contribution >= 0.6 is 0 Å². The van der Waals surface area contributed by atoms with Crippen LogP contribution in [0.4, 0.5) is 4.79 Å². The van der Waals surface area contributed by atoms with Crippen molar-refractivity contribution in [2.45, 2.75) is 123 Å². The summed E-state index contributed by atoms with van der Waals surface area (Å²) in [5, 5.41) is 5.75. The number of carbonyl (C=O) groups excluding carboxylic acids is 4. The molecule has 0 aliphatic heterocycles. The SMILES string of the molecule is CCCC(C)NC(=O)C(c1ccc(C)cc1C)N(C(=O)C(CCC(N)=O)NC(=O)OC(C)(C)C)C1CCC1. The molecular formula is C29H46N4O5. The van der Waals surface area contributed by atoms with Crippen LogP contribution in [0.5, 0.6) is 0 Å². The molecule has 1 aromatic carbocycles. The number of hydrogen-bond acceptors (Lipinski definition) is 5. The van der Waals surface area contributed by atoms with Gasteiger partial charge in [-0.15, -0.1) is 0 Å². The molecule has 1 saturated carbocycles. The van der Waals surface area contributed by atoms with Crippen molar-refractivity contribution in [2.75, 3.05) is 0 Å². The van der Waals surface area contributed by atoms with E-state index in [0.29, 0.717) is 0 Å². The summed E-state index contributed by atoms with van der Waals surface area (Å²) >= 11 is 0. The number of rotatable bonds is 12. The first-order chi connectivity index (χ1) is 17.7. The van der Waals surface area contributed by atoms with Crippen molar-refractivity contribution in [3.8, 4) is 0 Å². The van der Waals surface area contributed by atoms with Crippen molar-refractivity contribution < 1.29 is 23.9 Å². The fourth-order valence-corrected chi connectivity index (χ4v) is 4.73. The molecule has 0 heterocycles. The van der Waals surface area contributed by atoms with Crippen LogP contribution in [0.3, 0.4) is 0 Å². The Labute approximate surface area is 227 Å². The van der Waals surface area contributed by atoms with Crippen LogP contribution < -0.4 is 16.4 Å².